The molecule has 0 bridgehead atoms. The summed E-state index contributed by atoms with van der Waals surface area (Å²) in [7, 11) is 0. The van der Waals surface area contributed by atoms with Gasteiger partial charge in [-0.2, -0.15) is 4.98 Å². The quantitative estimate of drug-likeness (QED) is 0.532. The van der Waals surface area contributed by atoms with E-state index in [4.69, 9.17) is 23.2 Å². The van der Waals surface area contributed by atoms with Gasteiger partial charge in [0.1, 0.15) is 6.20 Å². The van der Waals surface area contributed by atoms with Crippen LogP contribution >= 0.6 is 23.2 Å². The van der Waals surface area contributed by atoms with Crippen LogP contribution in [0, 0.1) is 10.1 Å². The van der Waals surface area contributed by atoms with Crippen LogP contribution in [0.2, 0.25) is 10.3 Å². The number of anilines is 1. The van der Waals surface area contributed by atoms with E-state index < -0.39 is 4.92 Å². The molecule has 0 amide bonds. The summed E-state index contributed by atoms with van der Waals surface area (Å²) in [6, 6.07) is 7.09. The highest BCUT2D eigenvalue weighted by Crippen LogP contribution is 2.22. The van der Waals surface area contributed by atoms with Gasteiger partial charge >= 0.3 is 5.69 Å². The molecule has 6 nitrogen and oxygen atoms in total. The number of nitrogens with one attached hydrogen (secondary N) is 1. The number of halogens is 2. The maximum Gasteiger partial charge on any atom is 0.329 e. The highest BCUT2D eigenvalue weighted by Gasteiger charge is 2.16. The van der Waals surface area contributed by atoms with Crippen molar-refractivity contribution >= 4 is 34.7 Å². The Bertz CT molecular complexity index is 604. The van der Waals surface area contributed by atoms with Gasteiger partial charge in [0.15, 0.2) is 0 Å². The van der Waals surface area contributed by atoms with Crippen molar-refractivity contribution in [3.63, 3.8) is 0 Å². The third-order valence-electron chi connectivity index (χ3n) is 2.31. The summed E-state index contributed by atoms with van der Waals surface area (Å²) in [5, 5.41) is 14.2. The topological polar surface area (TPSA) is 81.0 Å². The van der Waals surface area contributed by atoms with E-state index in [1.165, 1.54) is 0 Å². The second-order valence-corrected chi connectivity index (χ2v) is 4.38. The maximum absolute atomic E-state index is 10.8. The average Bonchev–Trinajstić information content (AvgIpc) is 2.38. The number of aromatic nitrogens is 2. The molecule has 0 atom stereocenters. The fourth-order valence-electron chi connectivity index (χ4n) is 1.41. The minimum Gasteiger partial charge on any atom is -0.360 e. The second-order valence-electron chi connectivity index (χ2n) is 3.61. The zero-order chi connectivity index (χ0) is 13.8. The van der Waals surface area contributed by atoms with E-state index in [0.717, 1.165) is 11.8 Å². The summed E-state index contributed by atoms with van der Waals surface area (Å²) in [5.74, 6) is 0.0833. The first-order valence-electron chi connectivity index (χ1n) is 5.21. The van der Waals surface area contributed by atoms with Gasteiger partial charge in [-0.15, -0.1) is 0 Å². The van der Waals surface area contributed by atoms with Gasteiger partial charge in [-0.05, 0) is 29.3 Å². The highest BCUT2D eigenvalue weighted by molar-refractivity contribution is 6.30. The lowest BCUT2D eigenvalue weighted by Gasteiger charge is -2.06. The Hall–Kier alpha value is -1.92. The van der Waals surface area contributed by atoms with Crippen LogP contribution in [0.4, 0.5) is 11.5 Å². The molecule has 1 aromatic heterocycles. The van der Waals surface area contributed by atoms with E-state index in [9.17, 15) is 10.1 Å². The fraction of sp³-hybridized carbons (Fsp3) is 0.0909. The van der Waals surface area contributed by atoms with Crippen LogP contribution in [0.25, 0.3) is 0 Å². The molecule has 19 heavy (non-hydrogen) atoms. The van der Waals surface area contributed by atoms with Crippen LogP contribution in [-0.2, 0) is 6.54 Å². The van der Waals surface area contributed by atoms with Gasteiger partial charge in [-0.1, -0.05) is 23.7 Å². The summed E-state index contributed by atoms with van der Waals surface area (Å²) in [6.07, 6.45) is 1.07. The summed E-state index contributed by atoms with van der Waals surface area (Å²) in [6.45, 7) is 0.366. The van der Waals surface area contributed by atoms with E-state index >= 15 is 0 Å². The van der Waals surface area contributed by atoms with Gasteiger partial charge in [-0.3, -0.25) is 10.1 Å². The van der Waals surface area contributed by atoms with Crippen LogP contribution < -0.4 is 5.32 Å². The van der Waals surface area contributed by atoms with Crippen molar-refractivity contribution in [2.24, 2.45) is 0 Å². The van der Waals surface area contributed by atoms with Crippen molar-refractivity contribution in [3.05, 3.63) is 56.4 Å². The first kappa shape index (κ1) is 13.5. The molecule has 0 saturated carbocycles. The molecule has 0 aliphatic rings. The number of nitro groups is 1. The van der Waals surface area contributed by atoms with E-state index in [0.29, 0.717) is 11.6 Å². The standard InChI is InChI=1S/C11H8Cl2N4O2/c12-8-3-1-7(2-4-8)5-14-10-9(17(18)19)6-15-11(13)16-10/h1-4,6H,5H2,(H,14,15,16). The molecule has 0 aliphatic carbocycles. The van der Waals surface area contributed by atoms with Crippen molar-refractivity contribution in [1.29, 1.82) is 0 Å². The second kappa shape index (κ2) is 5.81. The number of hydrogen-bond donors (Lipinski definition) is 1. The average molecular weight is 299 g/mol. The summed E-state index contributed by atoms with van der Waals surface area (Å²) in [5.41, 5.74) is 0.687. The molecule has 1 heterocycles. The van der Waals surface area contributed by atoms with Crippen molar-refractivity contribution in [1.82, 2.24) is 9.97 Å². The Balaban J connectivity index is 2.16. The highest BCUT2D eigenvalue weighted by atomic mass is 35.5. The fourth-order valence-corrected chi connectivity index (χ4v) is 1.66. The number of rotatable bonds is 4. The first-order chi connectivity index (χ1) is 9.06. The normalized spacial score (nSPS) is 10.2. The maximum atomic E-state index is 10.8. The van der Waals surface area contributed by atoms with Gasteiger partial charge in [0.05, 0.1) is 4.92 Å². The Morgan fingerprint density at radius 2 is 1.95 bits per heavy atom. The van der Waals surface area contributed by atoms with Gasteiger partial charge < -0.3 is 5.32 Å². The van der Waals surface area contributed by atoms with Crippen LogP contribution in [0.5, 0.6) is 0 Å². The zero-order valence-electron chi connectivity index (χ0n) is 9.51. The molecule has 8 heteroatoms. The summed E-state index contributed by atoms with van der Waals surface area (Å²) in [4.78, 5) is 17.6. The third kappa shape index (κ3) is 3.52. The van der Waals surface area contributed by atoms with Gasteiger partial charge in [0.25, 0.3) is 0 Å². The molecule has 0 aliphatic heterocycles. The SMILES string of the molecule is O=[N+]([O-])c1cnc(Cl)nc1NCc1ccc(Cl)cc1. The lowest BCUT2D eigenvalue weighted by Crippen LogP contribution is -2.05. The van der Waals surface area contributed by atoms with Crippen molar-refractivity contribution in [2.75, 3.05) is 5.32 Å². The van der Waals surface area contributed by atoms with E-state index in [2.05, 4.69) is 15.3 Å². The first-order valence-corrected chi connectivity index (χ1v) is 5.97. The van der Waals surface area contributed by atoms with E-state index in [1.807, 2.05) is 12.1 Å². The number of nitrogens with zero attached hydrogens (tertiary/aromatic N) is 3. The van der Waals surface area contributed by atoms with Gasteiger partial charge in [-0.25, -0.2) is 4.98 Å². The molecule has 0 fully saturated rings. The minimum atomic E-state index is -0.569. The van der Waals surface area contributed by atoms with Gasteiger partial charge in [0, 0.05) is 11.6 Å². The molecular weight excluding hydrogens is 291 g/mol. The molecule has 0 spiro atoms. The molecule has 1 aromatic carbocycles. The zero-order valence-corrected chi connectivity index (χ0v) is 11.0. The summed E-state index contributed by atoms with van der Waals surface area (Å²) >= 11 is 11.4. The Morgan fingerprint density at radius 3 is 2.58 bits per heavy atom. The molecule has 1 N–H and O–H groups in total. The van der Waals surface area contributed by atoms with Crippen LogP contribution in [0.15, 0.2) is 30.5 Å². The van der Waals surface area contributed by atoms with Crippen molar-refractivity contribution < 1.29 is 4.92 Å². The monoisotopic (exact) mass is 298 g/mol. The Labute approximate surface area is 118 Å². The number of benzene rings is 1. The molecule has 98 valence electrons. The third-order valence-corrected chi connectivity index (χ3v) is 2.74. The Kier molecular flexibility index (Phi) is 4.13. The molecule has 2 rings (SSSR count). The molecule has 0 radical (unpaired) electrons. The van der Waals surface area contributed by atoms with Gasteiger partial charge in [0.2, 0.25) is 11.1 Å². The number of hydrogen-bond acceptors (Lipinski definition) is 5. The summed E-state index contributed by atoms with van der Waals surface area (Å²) < 4.78 is 0. The largest absolute Gasteiger partial charge is 0.360 e. The lowest BCUT2D eigenvalue weighted by molar-refractivity contribution is -0.384. The predicted molar refractivity (Wildman–Crippen MR) is 72.5 cm³/mol. The minimum absolute atomic E-state index is 0.0517. The van der Waals surface area contributed by atoms with Crippen LogP contribution in [0.1, 0.15) is 5.56 Å². The van der Waals surface area contributed by atoms with Crippen LogP contribution in [-0.4, -0.2) is 14.9 Å². The Morgan fingerprint density at radius 1 is 1.26 bits per heavy atom. The van der Waals surface area contributed by atoms with Crippen LogP contribution in [0.3, 0.4) is 0 Å². The van der Waals surface area contributed by atoms with E-state index in [-0.39, 0.29) is 16.8 Å². The smallest absolute Gasteiger partial charge is 0.329 e. The lowest BCUT2D eigenvalue weighted by atomic mass is 10.2. The van der Waals surface area contributed by atoms with E-state index in [1.54, 1.807) is 12.1 Å². The molecule has 0 saturated heterocycles. The molecular formula is C11H8Cl2N4O2. The predicted octanol–water partition coefficient (Wildman–Crippen LogP) is 3.30. The van der Waals surface area contributed by atoms with Crippen molar-refractivity contribution in [3.8, 4) is 0 Å². The molecule has 2 aromatic rings. The van der Waals surface area contributed by atoms with Crippen molar-refractivity contribution in [2.45, 2.75) is 6.54 Å². The molecule has 0 unspecified atom stereocenters.